The molecule has 0 radical (unpaired) electrons. The van der Waals surface area contributed by atoms with Gasteiger partial charge in [0.2, 0.25) is 5.79 Å². The van der Waals surface area contributed by atoms with E-state index < -0.39 is 5.79 Å². The maximum atomic E-state index is 5.69. The van der Waals surface area contributed by atoms with Crippen LogP contribution >= 0.6 is 0 Å². The Morgan fingerprint density at radius 3 is 2.20 bits per heavy atom. The van der Waals surface area contributed by atoms with Gasteiger partial charge in [0.05, 0.1) is 0 Å². The summed E-state index contributed by atoms with van der Waals surface area (Å²) in [6.45, 7) is 2.04. The number of methoxy groups -OCH3 is 2. The number of hydrogen-bond donors (Lipinski definition) is 0. The van der Waals surface area contributed by atoms with Crippen molar-refractivity contribution < 1.29 is 9.47 Å². The minimum Gasteiger partial charge on any atom is -0.346 e. The van der Waals surface area contributed by atoms with Gasteiger partial charge in [-0.3, -0.25) is 0 Å². The van der Waals surface area contributed by atoms with E-state index in [2.05, 4.69) is 48.5 Å². The average molecular weight is 266 g/mol. The molecule has 0 spiro atoms. The molecule has 2 aromatic carbocycles. The Morgan fingerprint density at radius 2 is 1.55 bits per heavy atom. The Morgan fingerprint density at radius 1 is 0.850 bits per heavy atom. The van der Waals surface area contributed by atoms with E-state index in [-0.39, 0.29) is 0 Å². The molecule has 0 fully saturated rings. The summed E-state index contributed by atoms with van der Waals surface area (Å²) in [5, 5.41) is 0. The van der Waals surface area contributed by atoms with E-state index in [4.69, 9.17) is 9.47 Å². The quantitative estimate of drug-likeness (QED) is 0.774. The van der Waals surface area contributed by atoms with Crippen LogP contribution < -0.4 is 0 Å². The Balaban J connectivity index is 2.23. The SMILES string of the molecule is COC1(OC)C(C)=Cc2c(-c3ccccc3)cccc21. The maximum absolute atomic E-state index is 5.69. The van der Waals surface area contributed by atoms with Gasteiger partial charge < -0.3 is 9.47 Å². The van der Waals surface area contributed by atoms with Crippen molar-refractivity contribution in [3.05, 3.63) is 65.2 Å². The molecule has 2 aromatic rings. The fourth-order valence-corrected chi connectivity index (χ4v) is 3.03. The first-order valence-electron chi connectivity index (χ1n) is 6.71. The van der Waals surface area contributed by atoms with E-state index in [1.807, 2.05) is 13.0 Å². The van der Waals surface area contributed by atoms with Crippen molar-refractivity contribution in [1.82, 2.24) is 0 Å². The Hall–Kier alpha value is -1.90. The lowest BCUT2D eigenvalue weighted by atomic mass is 9.95. The third-order valence-electron chi connectivity index (χ3n) is 4.00. The third-order valence-corrected chi connectivity index (χ3v) is 4.00. The first-order valence-corrected chi connectivity index (χ1v) is 6.71. The summed E-state index contributed by atoms with van der Waals surface area (Å²) >= 11 is 0. The van der Waals surface area contributed by atoms with Crippen LogP contribution in [0.15, 0.2) is 54.1 Å². The molecular formula is C18H18O2. The zero-order chi connectivity index (χ0) is 14.2. The van der Waals surface area contributed by atoms with Crippen LogP contribution in [0.4, 0.5) is 0 Å². The fraction of sp³-hybridized carbons (Fsp3) is 0.222. The van der Waals surface area contributed by atoms with E-state index in [1.54, 1.807) is 14.2 Å². The van der Waals surface area contributed by atoms with Crippen LogP contribution in [0.1, 0.15) is 18.1 Å². The molecule has 1 aliphatic carbocycles. The molecule has 0 N–H and O–H groups in total. The van der Waals surface area contributed by atoms with Crippen molar-refractivity contribution in [2.45, 2.75) is 12.7 Å². The Labute approximate surface area is 119 Å². The second-order valence-electron chi connectivity index (χ2n) is 4.99. The van der Waals surface area contributed by atoms with Crippen LogP contribution in [-0.4, -0.2) is 14.2 Å². The summed E-state index contributed by atoms with van der Waals surface area (Å²) in [5.41, 5.74) is 5.73. The standard InChI is InChI=1S/C18H18O2/c1-13-12-16-15(14-8-5-4-6-9-14)10-7-11-17(16)18(13,19-2)20-3/h4-12H,1-3H3. The lowest BCUT2D eigenvalue weighted by molar-refractivity contribution is -0.184. The molecule has 20 heavy (non-hydrogen) atoms. The van der Waals surface area contributed by atoms with Gasteiger partial charge in [-0.05, 0) is 35.3 Å². The number of fused-ring (bicyclic) bond motifs is 1. The van der Waals surface area contributed by atoms with E-state index in [9.17, 15) is 0 Å². The fourth-order valence-electron chi connectivity index (χ4n) is 3.03. The van der Waals surface area contributed by atoms with Crippen LogP contribution in [0.3, 0.4) is 0 Å². The van der Waals surface area contributed by atoms with Gasteiger partial charge in [0.15, 0.2) is 0 Å². The van der Waals surface area contributed by atoms with Crippen molar-refractivity contribution in [2.24, 2.45) is 0 Å². The molecule has 2 nitrogen and oxygen atoms in total. The first kappa shape index (κ1) is 13.1. The molecule has 0 saturated heterocycles. The molecule has 0 aliphatic heterocycles. The predicted octanol–water partition coefficient (Wildman–Crippen LogP) is 4.22. The highest BCUT2D eigenvalue weighted by atomic mass is 16.7. The van der Waals surface area contributed by atoms with Crippen molar-refractivity contribution >= 4 is 6.08 Å². The zero-order valence-corrected chi connectivity index (χ0v) is 12.0. The second-order valence-corrected chi connectivity index (χ2v) is 4.99. The van der Waals surface area contributed by atoms with Crippen molar-refractivity contribution in [3.63, 3.8) is 0 Å². The molecule has 0 amide bonds. The molecule has 0 unspecified atom stereocenters. The molecule has 0 aromatic heterocycles. The summed E-state index contributed by atoms with van der Waals surface area (Å²) in [7, 11) is 3.37. The molecule has 3 rings (SSSR count). The van der Waals surface area contributed by atoms with Gasteiger partial charge in [-0.15, -0.1) is 0 Å². The van der Waals surface area contributed by atoms with Crippen LogP contribution in [-0.2, 0) is 15.3 Å². The number of hydrogen-bond acceptors (Lipinski definition) is 2. The predicted molar refractivity (Wildman–Crippen MR) is 81.2 cm³/mol. The van der Waals surface area contributed by atoms with Crippen LogP contribution in [0.25, 0.3) is 17.2 Å². The largest absolute Gasteiger partial charge is 0.346 e. The van der Waals surface area contributed by atoms with Gasteiger partial charge in [-0.1, -0.05) is 48.5 Å². The highest BCUT2D eigenvalue weighted by Gasteiger charge is 2.41. The minimum absolute atomic E-state index is 0.750. The van der Waals surface area contributed by atoms with E-state index >= 15 is 0 Å². The number of rotatable bonds is 3. The highest BCUT2D eigenvalue weighted by Crippen LogP contribution is 2.45. The third kappa shape index (κ3) is 1.73. The van der Waals surface area contributed by atoms with Gasteiger partial charge in [0.25, 0.3) is 0 Å². The normalized spacial score (nSPS) is 15.8. The second kappa shape index (κ2) is 4.89. The minimum atomic E-state index is -0.750. The topological polar surface area (TPSA) is 18.5 Å². The molecule has 0 saturated carbocycles. The van der Waals surface area contributed by atoms with Gasteiger partial charge in [-0.25, -0.2) is 0 Å². The van der Waals surface area contributed by atoms with Crippen molar-refractivity contribution in [3.8, 4) is 11.1 Å². The molecular weight excluding hydrogens is 248 g/mol. The van der Waals surface area contributed by atoms with Crippen LogP contribution in [0.2, 0.25) is 0 Å². The number of benzene rings is 2. The molecule has 2 heteroatoms. The highest BCUT2D eigenvalue weighted by molar-refractivity contribution is 5.82. The summed E-state index contributed by atoms with van der Waals surface area (Å²) < 4.78 is 11.4. The first-order chi connectivity index (χ1) is 9.73. The molecule has 102 valence electrons. The van der Waals surface area contributed by atoms with Gasteiger partial charge in [0.1, 0.15) is 0 Å². The van der Waals surface area contributed by atoms with Gasteiger partial charge >= 0.3 is 0 Å². The molecule has 0 heterocycles. The molecule has 0 bridgehead atoms. The molecule has 1 aliphatic rings. The summed E-state index contributed by atoms with van der Waals surface area (Å²) in [4.78, 5) is 0. The van der Waals surface area contributed by atoms with Crippen molar-refractivity contribution in [2.75, 3.05) is 14.2 Å². The van der Waals surface area contributed by atoms with Crippen molar-refractivity contribution in [1.29, 1.82) is 0 Å². The Kier molecular flexibility index (Phi) is 3.20. The van der Waals surface area contributed by atoms with E-state index in [1.165, 1.54) is 16.7 Å². The Bertz CT molecular complexity index is 652. The lowest BCUT2D eigenvalue weighted by Gasteiger charge is -2.29. The monoisotopic (exact) mass is 266 g/mol. The smallest absolute Gasteiger partial charge is 0.218 e. The summed E-state index contributed by atoms with van der Waals surface area (Å²) in [5.74, 6) is -0.750. The average Bonchev–Trinajstić information content (AvgIpc) is 2.80. The zero-order valence-electron chi connectivity index (χ0n) is 12.0. The van der Waals surface area contributed by atoms with Crippen LogP contribution in [0, 0.1) is 0 Å². The number of ether oxygens (including phenoxy) is 2. The van der Waals surface area contributed by atoms with Crippen LogP contribution in [0.5, 0.6) is 0 Å². The van der Waals surface area contributed by atoms with Gasteiger partial charge in [0, 0.05) is 19.8 Å². The lowest BCUT2D eigenvalue weighted by Crippen LogP contribution is -2.30. The van der Waals surface area contributed by atoms with Gasteiger partial charge in [-0.2, -0.15) is 0 Å². The summed E-state index contributed by atoms with van der Waals surface area (Å²) in [6, 6.07) is 16.7. The summed E-state index contributed by atoms with van der Waals surface area (Å²) in [6.07, 6.45) is 2.16. The van der Waals surface area contributed by atoms with E-state index in [0.717, 1.165) is 11.1 Å². The van der Waals surface area contributed by atoms with E-state index in [0.29, 0.717) is 0 Å². The molecule has 0 atom stereocenters. The maximum Gasteiger partial charge on any atom is 0.218 e.